The van der Waals surface area contributed by atoms with Crippen molar-refractivity contribution >= 4 is 22.7 Å². The van der Waals surface area contributed by atoms with Gasteiger partial charge >= 0.3 is 0 Å². The molecule has 142 valence electrons. The lowest BCUT2D eigenvalue weighted by atomic mass is 10.1. The van der Waals surface area contributed by atoms with E-state index in [1.165, 1.54) is 10.9 Å². The molecule has 2 amide bonds. The predicted molar refractivity (Wildman–Crippen MR) is 101 cm³/mol. The van der Waals surface area contributed by atoms with Crippen molar-refractivity contribution in [3.63, 3.8) is 0 Å². The summed E-state index contributed by atoms with van der Waals surface area (Å²) in [7, 11) is 0. The number of nitrogens with zero attached hydrogens (tertiary/aromatic N) is 4. The van der Waals surface area contributed by atoms with Crippen LogP contribution in [-0.2, 0) is 16.1 Å². The second-order valence-corrected chi connectivity index (χ2v) is 7.38. The molecule has 2 aromatic rings. The second-order valence-electron chi connectivity index (χ2n) is 7.38. The van der Waals surface area contributed by atoms with Crippen molar-refractivity contribution in [2.24, 2.45) is 5.92 Å². The lowest BCUT2D eigenvalue weighted by molar-refractivity contribution is -0.142. The molecule has 2 aliphatic rings. The highest BCUT2D eigenvalue weighted by atomic mass is 16.2. The lowest BCUT2D eigenvalue weighted by Crippen LogP contribution is -2.52. The van der Waals surface area contributed by atoms with Gasteiger partial charge in [-0.1, -0.05) is 25.0 Å². The van der Waals surface area contributed by atoms with Gasteiger partial charge in [0.1, 0.15) is 6.54 Å². The van der Waals surface area contributed by atoms with Crippen molar-refractivity contribution in [2.45, 2.75) is 32.2 Å². The van der Waals surface area contributed by atoms with Gasteiger partial charge in [-0.05, 0) is 25.0 Å². The maximum atomic E-state index is 12.6. The van der Waals surface area contributed by atoms with Crippen LogP contribution in [0.3, 0.4) is 0 Å². The minimum absolute atomic E-state index is 0.0206. The van der Waals surface area contributed by atoms with Crippen LogP contribution in [0.25, 0.3) is 10.9 Å². The normalized spacial score (nSPS) is 18.2. The van der Waals surface area contributed by atoms with Crippen LogP contribution in [0, 0.1) is 5.92 Å². The topological polar surface area (TPSA) is 75.5 Å². The van der Waals surface area contributed by atoms with Crippen molar-refractivity contribution in [3.8, 4) is 0 Å². The molecule has 0 bridgehead atoms. The maximum Gasteiger partial charge on any atom is 0.261 e. The van der Waals surface area contributed by atoms with Gasteiger partial charge in [0.15, 0.2) is 0 Å². The molecule has 0 unspecified atom stereocenters. The molecule has 0 radical (unpaired) electrons. The van der Waals surface area contributed by atoms with Crippen LogP contribution in [0.1, 0.15) is 25.7 Å². The van der Waals surface area contributed by atoms with E-state index in [0.717, 1.165) is 25.7 Å². The predicted octanol–water partition coefficient (Wildman–Crippen LogP) is 1.26. The molecule has 1 aliphatic heterocycles. The summed E-state index contributed by atoms with van der Waals surface area (Å²) in [5.41, 5.74) is 0.425. The fourth-order valence-corrected chi connectivity index (χ4v) is 4.07. The summed E-state index contributed by atoms with van der Waals surface area (Å²) in [5, 5.41) is 0.514. The molecule has 0 spiro atoms. The second kappa shape index (κ2) is 7.50. The summed E-state index contributed by atoms with van der Waals surface area (Å²) in [6.45, 7) is 2.17. The number of hydrogen-bond donors (Lipinski definition) is 0. The number of aromatic nitrogens is 2. The Hall–Kier alpha value is -2.70. The van der Waals surface area contributed by atoms with E-state index in [1.54, 1.807) is 23.1 Å². The summed E-state index contributed by atoms with van der Waals surface area (Å²) in [6.07, 6.45) is 5.71. The Morgan fingerprint density at radius 2 is 1.67 bits per heavy atom. The number of carbonyl (C=O) groups is 2. The number of fused-ring (bicyclic) bond motifs is 1. The number of carbonyl (C=O) groups excluding carboxylic acids is 2. The Bertz CT molecular complexity index is 909. The first-order valence-electron chi connectivity index (χ1n) is 9.64. The fourth-order valence-electron chi connectivity index (χ4n) is 4.07. The Balaban J connectivity index is 1.38. The van der Waals surface area contributed by atoms with Crippen molar-refractivity contribution in [1.82, 2.24) is 19.4 Å². The summed E-state index contributed by atoms with van der Waals surface area (Å²) in [4.78, 5) is 45.6. The molecule has 1 aromatic heterocycles. The standard InChI is InChI=1S/C20H24N4O3/c25-18(13-24-14-21-17-8-4-3-7-16(17)20(24)27)22-9-11-23(12-10-22)19(26)15-5-1-2-6-15/h3-4,7-8,14-15H,1-2,5-6,9-13H2. The third-order valence-electron chi connectivity index (χ3n) is 5.69. The zero-order valence-electron chi connectivity index (χ0n) is 15.3. The summed E-state index contributed by atoms with van der Waals surface area (Å²) in [6, 6.07) is 7.12. The lowest BCUT2D eigenvalue weighted by Gasteiger charge is -2.36. The third kappa shape index (κ3) is 3.59. The molecule has 1 aliphatic carbocycles. The Labute approximate surface area is 157 Å². The van der Waals surface area contributed by atoms with Gasteiger partial charge in [-0.3, -0.25) is 19.0 Å². The highest BCUT2D eigenvalue weighted by Gasteiger charge is 2.30. The Kier molecular flexibility index (Phi) is 4.92. The first-order valence-corrected chi connectivity index (χ1v) is 9.64. The zero-order valence-corrected chi connectivity index (χ0v) is 15.3. The first kappa shape index (κ1) is 17.7. The first-order chi connectivity index (χ1) is 13.1. The van der Waals surface area contributed by atoms with E-state index in [0.29, 0.717) is 37.1 Å². The highest BCUT2D eigenvalue weighted by Crippen LogP contribution is 2.26. The zero-order chi connectivity index (χ0) is 18.8. The molecule has 1 saturated carbocycles. The minimum atomic E-state index is -0.205. The van der Waals surface area contributed by atoms with Crippen LogP contribution < -0.4 is 5.56 Å². The van der Waals surface area contributed by atoms with Crippen LogP contribution in [-0.4, -0.2) is 57.3 Å². The van der Waals surface area contributed by atoms with Gasteiger partial charge in [0.05, 0.1) is 17.2 Å². The van der Waals surface area contributed by atoms with Crippen molar-refractivity contribution in [1.29, 1.82) is 0 Å². The largest absolute Gasteiger partial charge is 0.339 e. The van der Waals surface area contributed by atoms with Gasteiger partial charge < -0.3 is 9.80 Å². The van der Waals surface area contributed by atoms with E-state index >= 15 is 0 Å². The smallest absolute Gasteiger partial charge is 0.261 e. The SMILES string of the molecule is O=C(Cn1cnc2ccccc2c1=O)N1CCN(C(=O)C2CCCC2)CC1. The van der Waals surface area contributed by atoms with Crippen molar-refractivity contribution in [2.75, 3.05) is 26.2 Å². The number of amides is 2. The van der Waals surface area contributed by atoms with Crippen molar-refractivity contribution < 1.29 is 9.59 Å². The fraction of sp³-hybridized carbons (Fsp3) is 0.500. The molecular weight excluding hydrogens is 344 g/mol. The maximum absolute atomic E-state index is 12.6. The van der Waals surface area contributed by atoms with Gasteiger partial charge in [0.2, 0.25) is 11.8 Å². The third-order valence-corrected chi connectivity index (χ3v) is 5.69. The minimum Gasteiger partial charge on any atom is -0.339 e. The van der Waals surface area contributed by atoms with Crippen molar-refractivity contribution in [3.05, 3.63) is 40.9 Å². The highest BCUT2D eigenvalue weighted by molar-refractivity contribution is 5.81. The van der Waals surface area contributed by atoms with E-state index in [1.807, 2.05) is 11.0 Å². The molecule has 2 heterocycles. The van der Waals surface area contributed by atoms with Crippen LogP contribution >= 0.6 is 0 Å². The van der Waals surface area contributed by atoms with E-state index in [4.69, 9.17) is 0 Å². The number of piperazine rings is 1. The molecule has 27 heavy (non-hydrogen) atoms. The molecule has 0 atom stereocenters. The summed E-state index contributed by atoms with van der Waals surface area (Å²) in [5.74, 6) is 0.311. The van der Waals surface area contributed by atoms with Gasteiger partial charge in [0, 0.05) is 32.1 Å². The molecule has 2 fully saturated rings. The van der Waals surface area contributed by atoms with E-state index in [2.05, 4.69) is 4.98 Å². The van der Waals surface area contributed by atoms with Crippen LogP contribution in [0.15, 0.2) is 35.4 Å². The van der Waals surface area contributed by atoms with Gasteiger partial charge in [-0.15, -0.1) is 0 Å². The molecule has 4 rings (SSSR count). The average molecular weight is 368 g/mol. The molecule has 1 aromatic carbocycles. The Morgan fingerprint density at radius 1 is 1.00 bits per heavy atom. The number of rotatable bonds is 3. The molecule has 7 heteroatoms. The average Bonchev–Trinajstić information content (AvgIpc) is 3.25. The molecule has 1 saturated heterocycles. The van der Waals surface area contributed by atoms with Gasteiger partial charge in [-0.25, -0.2) is 4.98 Å². The van der Waals surface area contributed by atoms with E-state index < -0.39 is 0 Å². The quantitative estimate of drug-likeness (QED) is 0.817. The van der Waals surface area contributed by atoms with Gasteiger partial charge in [-0.2, -0.15) is 0 Å². The van der Waals surface area contributed by atoms with Crippen LogP contribution in [0.4, 0.5) is 0 Å². The monoisotopic (exact) mass is 368 g/mol. The summed E-state index contributed by atoms with van der Waals surface area (Å²) >= 11 is 0. The molecule has 0 N–H and O–H groups in total. The van der Waals surface area contributed by atoms with E-state index in [-0.39, 0.29) is 29.8 Å². The summed E-state index contributed by atoms with van der Waals surface area (Å²) < 4.78 is 1.36. The number of para-hydroxylation sites is 1. The van der Waals surface area contributed by atoms with E-state index in [9.17, 15) is 14.4 Å². The molecular formula is C20H24N4O3. The number of hydrogen-bond acceptors (Lipinski definition) is 4. The molecule has 7 nitrogen and oxygen atoms in total. The Morgan fingerprint density at radius 3 is 2.41 bits per heavy atom. The number of benzene rings is 1. The van der Waals surface area contributed by atoms with Crippen LogP contribution in [0.5, 0.6) is 0 Å². The van der Waals surface area contributed by atoms with Crippen LogP contribution in [0.2, 0.25) is 0 Å². The van der Waals surface area contributed by atoms with Gasteiger partial charge in [0.25, 0.3) is 5.56 Å².